The van der Waals surface area contributed by atoms with Crippen molar-refractivity contribution in [3.05, 3.63) is 76.9 Å². The Morgan fingerprint density at radius 3 is 2.69 bits per heavy atom. The molecule has 1 heterocycles. The highest BCUT2D eigenvalue weighted by Crippen LogP contribution is 2.30. The zero-order valence-corrected chi connectivity index (χ0v) is 16.6. The zero-order chi connectivity index (χ0) is 20.4. The van der Waals surface area contributed by atoms with Gasteiger partial charge in [-0.3, -0.25) is 4.79 Å². The fourth-order valence-corrected chi connectivity index (χ4v) is 4.00. The molecule has 1 aliphatic carbocycles. The van der Waals surface area contributed by atoms with Gasteiger partial charge in [0.15, 0.2) is 5.69 Å². The van der Waals surface area contributed by atoms with E-state index in [0.29, 0.717) is 5.69 Å². The molecule has 29 heavy (non-hydrogen) atoms. The number of nitrogens with zero attached hydrogens (tertiary/aromatic N) is 2. The van der Waals surface area contributed by atoms with Crippen LogP contribution in [0.25, 0.3) is 5.69 Å². The molecule has 0 fully saturated rings. The van der Waals surface area contributed by atoms with Crippen LogP contribution in [-0.4, -0.2) is 22.8 Å². The van der Waals surface area contributed by atoms with Gasteiger partial charge in [-0.05, 0) is 56.0 Å². The van der Waals surface area contributed by atoms with E-state index in [1.807, 2.05) is 31.2 Å². The number of rotatable bonds is 6. The van der Waals surface area contributed by atoms with Crippen molar-refractivity contribution in [3.8, 4) is 11.4 Å². The summed E-state index contributed by atoms with van der Waals surface area (Å²) in [5.41, 5.74) is 4.19. The van der Waals surface area contributed by atoms with Gasteiger partial charge in [-0.15, -0.1) is 0 Å². The lowest BCUT2D eigenvalue weighted by atomic mass is 10.0. The van der Waals surface area contributed by atoms with Crippen LogP contribution in [0.3, 0.4) is 0 Å². The van der Waals surface area contributed by atoms with Gasteiger partial charge in [0.05, 0.1) is 18.8 Å². The van der Waals surface area contributed by atoms with Gasteiger partial charge in [0.25, 0.3) is 5.91 Å². The van der Waals surface area contributed by atoms with Crippen molar-refractivity contribution in [2.75, 3.05) is 7.11 Å². The minimum atomic E-state index is -0.293. The largest absolute Gasteiger partial charge is 0.496 e. The van der Waals surface area contributed by atoms with Gasteiger partial charge in [0, 0.05) is 16.8 Å². The van der Waals surface area contributed by atoms with Crippen molar-refractivity contribution in [2.24, 2.45) is 0 Å². The SMILES string of the molecule is CCC(NC(=O)c1nn(-c2ccc(F)cc2)c2c1CCC2)c1ccccc1OC. The number of fused-ring (bicyclic) bond motifs is 1. The van der Waals surface area contributed by atoms with E-state index in [0.717, 1.165) is 53.9 Å². The zero-order valence-electron chi connectivity index (χ0n) is 16.6. The number of hydrogen-bond acceptors (Lipinski definition) is 3. The van der Waals surface area contributed by atoms with E-state index in [4.69, 9.17) is 4.74 Å². The van der Waals surface area contributed by atoms with Crippen LogP contribution in [0.2, 0.25) is 0 Å². The lowest BCUT2D eigenvalue weighted by Gasteiger charge is -2.19. The summed E-state index contributed by atoms with van der Waals surface area (Å²) in [5.74, 6) is 0.265. The Morgan fingerprint density at radius 1 is 1.21 bits per heavy atom. The Bertz CT molecular complexity index is 1030. The highest BCUT2D eigenvalue weighted by atomic mass is 19.1. The molecule has 0 saturated carbocycles. The van der Waals surface area contributed by atoms with E-state index >= 15 is 0 Å². The fourth-order valence-electron chi connectivity index (χ4n) is 4.00. The highest BCUT2D eigenvalue weighted by molar-refractivity contribution is 5.94. The lowest BCUT2D eigenvalue weighted by Crippen LogP contribution is -2.29. The van der Waals surface area contributed by atoms with Crippen molar-refractivity contribution >= 4 is 5.91 Å². The number of hydrogen-bond donors (Lipinski definition) is 1. The third-order valence-corrected chi connectivity index (χ3v) is 5.44. The van der Waals surface area contributed by atoms with Crippen LogP contribution in [0.5, 0.6) is 5.75 Å². The van der Waals surface area contributed by atoms with Crippen LogP contribution in [0.4, 0.5) is 4.39 Å². The van der Waals surface area contributed by atoms with Crippen molar-refractivity contribution in [1.29, 1.82) is 0 Å². The average Bonchev–Trinajstić information content (AvgIpc) is 3.35. The predicted molar refractivity (Wildman–Crippen MR) is 109 cm³/mol. The summed E-state index contributed by atoms with van der Waals surface area (Å²) in [7, 11) is 1.63. The Morgan fingerprint density at radius 2 is 1.97 bits per heavy atom. The Kier molecular flexibility index (Phi) is 5.34. The van der Waals surface area contributed by atoms with Crippen LogP contribution in [0.1, 0.15) is 53.1 Å². The molecule has 2 aromatic carbocycles. The summed E-state index contributed by atoms with van der Waals surface area (Å²) in [6.45, 7) is 2.03. The molecule has 4 rings (SSSR count). The molecule has 1 N–H and O–H groups in total. The molecule has 0 aliphatic heterocycles. The second-order valence-corrected chi connectivity index (χ2v) is 7.19. The Labute approximate surface area is 169 Å². The van der Waals surface area contributed by atoms with Crippen molar-refractivity contribution in [3.63, 3.8) is 0 Å². The Balaban J connectivity index is 1.65. The first-order valence-electron chi connectivity index (χ1n) is 9.92. The van der Waals surface area contributed by atoms with Crippen LogP contribution in [0.15, 0.2) is 48.5 Å². The van der Waals surface area contributed by atoms with Gasteiger partial charge in [-0.1, -0.05) is 25.1 Å². The molecule has 0 saturated heterocycles. The standard InChI is InChI=1S/C23H24FN3O2/c1-3-19(17-7-4-5-10-21(17)29-2)25-23(28)22-18-8-6-9-20(18)27(26-22)16-13-11-15(24)12-14-16/h4-5,7,10-14,19H,3,6,8-9H2,1-2H3,(H,25,28). The molecule has 0 radical (unpaired) electrons. The number of halogens is 1. The van der Waals surface area contributed by atoms with Crippen LogP contribution in [0, 0.1) is 5.82 Å². The molecule has 1 atom stereocenters. The van der Waals surface area contributed by atoms with E-state index < -0.39 is 0 Å². The quantitative estimate of drug-likeness (QED) is 0.676. The molecule has 1 amide bonds. The first-order chi connectivity index (χ1) is 14.1. The van der Waals surface area contributed by atoms with Crippen LogP contribution >= 0.6 is 0 Å². The Hall–Kier alpha value is -3.15. The molecular formula is C23H24FN3O2. The van der Waals surface area contributed by atoms with E-state index in [1.54, 1.807) is 23.9 Å². The van der Waals surface area contributed by atoms with Gasteiger partial charge in [0.2, 0.25) is 0 Å². The number of carbonyl (C=O) groups is 1. The molecule has 150 valence electrons. The summed E-state index contributed by atoms with van der Waals surface area (Å²) in [4.78, 5) is 13.2. The molecule has 1 aromatic heterocycles. The summed E-state index contributed by atoms with van der Waals surface area (Å²) >= 11 is 0. The molecular weight excluding hydrogens is 369 g/mol. The van der Waals surface area contributed by atoms with Crippen LogP contribution in [-0.2, 0) is 12.8 Å². The average molecular weight is 393 g/mol. The van der Waals surface area contributed by atoms with E-state index in [1.165, 1.54) is 12.1 Å². The van der Waals surface area contributed by atoms with Crippen molar-refractivity contribution < 1.29 is 13.9 Å². The second kappa shape index (κ2) is 8.07. The topological polar surface area (TPSA) is 56.2 Å². The number of methoxy groups -OCH3 is 1. The highest BCUT2D eigenvalue weighted by Gasteiger charge is 2.28. The number of aromatic nitrogens is 2. The number of nitrogens with one attached hydrogen (secondary N) is 1. The van der Waals surface area contributed by atoms with E-state index in [-0.39, 0.29) is 17.8 Å². The molecule has 0 spiro atoms. The van der Waals surface area contributed by atoms with Gasteiger partial charge in [0.1, 0.15) is 11.6 Å². The third-order valence-electron chi connectivity index (χ3n) is 5.44. The van der Waals surface area contributed by atoms with Gasteiger partial charge < -0.3 is 10.1 Å². The third kappa shape index (κ3) is 3.62. The van der Waals surface area contributed by atoms with Gasteiger partial charge in [-0.25, -0.2) is 9.07 Å². The summed E-state index contributed by atoms with van der Waals surface area (Å²) in [5, 5.41) is 7.73. The number of benzene rings is 2. The minimum Gasteiger partial charge on any atom is -0.496 e. The maximum atomic E-state index is 13.3. The van der Waals surface area contributed by atoms with Gasteiger partial charge >= 0.3 is 0 Å². The summed E-state index contributed by atoms with van der Waals surface area (Å²) in [6.07, 6.45) is 3.40. The minimum absolute atomic E-state index is 0.174. The molecule has 1 unspecified atom stereocenters. The molecule has 1 aliphatic rings. The molecule has 3 aromatic rings. The summed E-state index contributed by atoms with van der Waals surface area (Å²) in [6, 6.07) is 13.7. The number of para-hydroxylation sites is 1. The second-order valence-electron chi connectivity index (χ2n) is 7.19. The van der Waals surface area contributed by atoms with Gasteiger partial charge in [-0.2, -0.15) is 5.10 Å². The first kappa shape index (κ1) is 19.2. The maximum absolute atomic E-state index is 13.3. The van der Waals surface area contributed by atoms with Crippen molar-refractivity contribution in [2.45, 2.75) is 38.6 Å². The molecule has 5 nitrogen and oxygen atoms in total. The number of amides is 1. The predicted octanol–water partition coefficient (Wildman–Crippen LogP) is 4.39. The number of carbonyl (C=O) groups excluding carboxylic acids is 1. The molecule has 6 heteroatoms. The first-order valence-corrected chi connectivity index (χ1v) is 9.92. The smallest absolute Gasteiger partial charge is 0.272 e. The van der Waals surface area contributed by atoms with E-state index in [2.05, 4.69) is 10.4 Å². The number of ether oxygens (including phenoxy) is 1. The summed E-state index contributed by atoms with van der Waals surface area (Å²) < 4.78 is 20.5. The lowest BCUT2D eigenvalue weighted by molar-refractivity contribution is 0.0928. The van der Waals surface area contributed by atoms with E-state index in [9.17, 15) is 9.18 Å². The maximum Gasteiger partial charge on any atom is 0.272 e. The monoisotopic (exact) mass is 393 g/mol. The molecule has 0 bridgehead atoms. The van der Waals surface area contributed by atoms with Crippen molar-refractivity contribution in [1.82, 2.24) is 15.1 Å². The normalized spacial score (nSPS) is 13.8. The van der Waals surface area contributed by atoms with Crippen LogP contribution < -0.4 is 10.1 Å². The fraction of sp³-hybridized carbons (Fsp3) is 0.304.